The van der Waals surface area contributed by atoms with E-state index in [1.807, 2.05) is 55.5 Å². The van der Waals surface area contributed by atoms with Gasteiger partial charge < -0.3 is 10.6 Å². The fourth-order valence-corrected chi connectivity index (χ4v) is 5.81. The lowest BCUT2D eigenvalue weighted by atomic mass is 9.74. The number of aromatic nitrogens is 2. The summed E-state index contributed by atoms with van der Waals surface area (Å²) in [6.45, 7) is 5.26. The van der Waals surface area contributed by atoms with Crippen molar-refractivity contribution in [2.75, 3.05) is 19.6 Å². The Hall–Kier alpha value is -2.77. The lowest BCUT2D eigenvalue weighted by molar-refractivity contribution is 0.0305. The standard InChI is InChI=1S/C27H30BrN5O/c1-18-31-25(22-9-5-6-10-24(22)28)14-26(32-18)23-17-33-12-11-20(23)13-21(33)16-30-27(34)29-15-19-7-3-2-4-8-19/h2-10,14,20-21,23H,11-13,15-17H2,1H3,(H2,29,30,34)/t20-,21+,23+/m0/s1. The minimum atomic E-state index is -0.104. The molecule has 34 heavy (non-hydrogen) atoms. The molecule has 7 heteroatoms. The molecule has 6 nitrogen and oxygen atoms in total. The summed E-state index contributed by atoms with van der Waals surface area (Å²) in [5.41, 5.74) is 4.31. The first-order valence-corrected chi connectivity index (χ1v) is 12.8. The fourth-order valence-electron chi connectivity index (χ4n) is 5.32. The van der Waals surface area contributed by atoms with Gasteiger partial charge in [0, 0.05) is 47.3 Å². The van der Waals surface area contributed by atoms with Crippen molar-refractivity contribution in [1.29, 1.82) is 0 Å². The van der Waals surface area contributed by atoms with Crippen molar-refractivity contribution in [3.8, 4) is 11.3 Å². The number of carbonyl (C=O) groups excluding carboxylic acids is 1. The van der Waals surface area contributed by atoms with E-state index >= 15 is 0 Å². The Bertz CT molecular complexity index is 1150. The van der Waals surface area contributed by atoms with E-state index in [0.717, 1.165) is 52.3 Å². The van der Waals surface area contributed by atoms with Gasteiger partial charge in [-0.25, -0.2) is 14.8 Å². The quantitative estimate of drug-likeness (QED) is 0.486. The van der Waals surface area contributed by atoms with Gasteiger partial charge in [0.25, 0.3) is 0 Å². The van der Waals surface area contributed by atoms with Crippen LogP contribution in [-0.2, 0) is 6.54 Å². The molecule has 2 amide bonds. The Morgan fingerprint density at radius 2 is 1.88 bits per heavy atom. The third-order valence-electron chi connectivity index (χ3n) is 7.06. The van der Waals surface area contributed by atoms with Crippen molar-refractivity contribution in [2.45, 2.75) is 38.3 Å². The smallest absolute Gasteiger partial charge is 0.315 e. The number of hydrogen-bond donors (Lipinski definition) is 2. The normalized spacial score (nSPS) is 23.5. The summed E-state index contributed by atoms with van der Waals surface area (Å²) in [7, 11) is 0. The van der Waals surface area contributed by atoms with Crippen molar-refractivity contribution in [3.05, 3.63) is 82.2 Å². The van der Waals surface area contributed by atoms with Gasteiger partial charge in [-0.15, -0.1) is 0 Å². The van der Waals surface area contributed by atoms with Crippen LogP contribution in [-0.4, -0.2) is 46.6 Å². The predicted molar refractivity (Wildman–Crippen MR) is 137 cm³/mol. The maximum Gasteiger partial charge on any atom is 0.315 e. The highest BCUT2D eigenvalue weighted by atomic mass is 79.9. The van der Waals surface area contributed by atoms with Crippen LogP contribution >= 0.6 is 15.9 Å². The third-order valence-corrected chi connectivity index (χ3v) is 7.75. The molecule has 0 spiro atoms. The number of amides is 2. The lowest BCUT2D eigenvalue weighted by Gasteiger charge is -2.49. The minimum absolute atomic E-state index is 0.104. The van der Waals surface area contributed by atoms with Crippen LogP contribution in [0.5, 0.6) is 0 Å². The highest BCUT2D eigenvalue weighted by Crippen LogP contribution is 2.42. The molecule has 6 rings (SSSR count). The van der Waals surface area contributed by atoms with Gasteiger partial charge in [0.2, 0.25) is 0 Å². The summed E-state index contributed by atoms with van der Waals surface area (Å²) in [4.78, 5) is 24.4. The maximum absolute atomic E-state index is 12.3. The van der Waals surface area contributed by atoms with E-state index in [2.05, 4.69) is 43.6 Å². The average Bonchev–Trinajstić information content (AvgIpc) is 2.87. The molecule has 2 N–H and O–H groups in total. The van der Waals surface area contributed by atoms with Gasteiger partial charge in [-0.3, -0.25) is 4.90 Å². The molecule has 2 bridgehead atoms. The van der Waals surface area contributed by atoms with Crippen molar-refractivity contribution >= 4 is 22.0 Å². The second-order valence-electron chi connectivity index (χ2n) is 9.29. The number of fused-ring (bicyclic) bond motifs is 3. The Morgan fingerprint density at radius 3 is 2.65 bits per heavy atom. The first-order chi connectivity index (χ1) is 16.6. The molecule has 1 unspecified atom stereocenters. The summed E-state index contributed by atoms with van der Waals surface area (Å²) in [5, 5.41) is 6.05. The summed E-state index contributed by atoms with van der Waals surface area (Å²) < 4.78 is 1.05. The number of rotatable bonds is 6. The summed E-state index contributed by atoms with van der Waals surface area (Å²) in [5.74, 6) is 1.79. The zero-order chi connectivity index (χ0) is 23.5. The number of piperidine rings is 3. The molecule has 4 atom stereocenters. The Labute approximate surface area is 209 Å². The molecule has 3 saturated heterocycles. The molecular formula is C27H30BrN5O. The van der Waals surface area contributed by atoms with Crippen molar-refractivity contribution in [1.82, 2.24) is 25.5 Å². The molecule has 2 aromatic carbocycles. The summed E-state index contributed by atoms with van der Waals surface area (Å²) in [6, 6.07) is 20.6. The molecule has 176 valence electrons. The molecule has 4 heterocycles. The Balaban J connectivity index is 1.21. The van der Waals surface area contributed by atoms with Gasteiger partial charge in [0.05, 0.1) is 5.69 Å². The van der Waals surface area contributed by atoms with Crippen LogP contribution in [0.15, 0.2) is 65.1 Å². The summed E-state index contributed by atoms with van der Waals surface area (Å²) in [6.07, 6.45) is 2.26. The lowest BCUT2D eigenvalue weighted by Crippen LogP contribution is -2.56. The monoisotopic (exact) mass is 519 g/mol. The topological polar surface area (TPSA) is 70.2 Å². The van der Waals surface area contributed by atoms with E-state index in [1.54, 1.807) is 0 Å². The maximum atomic E-state index is 12.3. The number of hydrogen-bond acceptors (Lipinski definition) is 4. The largest absolute Gasteiger partial charge is 0.337 e. The molecular weight excluding hydrogens is 490 g/mol. The Morgan fingerprint density at radius 1 is 1.09 bits per heavy atom. The zero-order valence-electron chi connectivity index (χ0n) is 19.4. The molecule has 0 radical (unpaired) electrons. The van der Waals surface area contributed by atoms with E-state index in [9.17, 15) is 4.79 Å². The second-order valence-corrected chi connectivity index (χ2v) is 10.1. The molecule has 3 aromatic rings. The van der Waals surface area contributed by atoms with Crippen LogP contribution in [0.4, 0.5) is 4.79 Å². The predicted octanol–water partition coefficient (Wildman–Crippen LogP) is 4.89. The van der Waals surface area contributed by atoms with Crippen LogP contribution < -0.4 is 10.6 Å². The van der Waals surface area contributed by atoms with E-state index < -0.39 is 0 Å². The number of nitrogens with zero attached hydrogens (tertiary/aromatic N) is 3. The second kappa shape index (κ2) is 10.2. The van der Waals surface area contributed by atoms with E-state index in [0.29, 0.717) is 31.0 Å². The fraction of sp³-hybridized carbons (Fsp3) is 0.370. The van der Waals surface area contributed by atoms with E-state index in [-0.39, 0.29) is 6.03 Å². The Kier molecular flexibility index (Phi) is 6.92. The average molecular weight is 520 g/mol. The minimum Gasteiger partial charge on any atom is -0.337 e. The van der Waals surface area contributed by atoms with Crippen LogP contribution in [0.25, 0.3) is 11.3 Å². The number of nitrogens with one attached hydrogen (secondary N) is 2. The van der Waals surface area contributed by atoms with Gasteiger partial charge in [-0.05, 0) is 49.9 Å². The van der Waals surface area contributed by atoms with E-state index in [1.165, 1.54) is 6.42 Å². The van der Waals surface area contributed by atoms with Gasteiger partial charge in [0.1, 0.15) is 5.82 Å². The van der Waals surface area contributed by atoms with Crippen LogP contribution in [0.3, 0.4) is 0 Å². The number of aryl methyl sites for hydroxylation is 1. The van der Waals surface area contributed by atoms with Gasteiger partial charge in [0.15, 0.2) is 0 Å². The zero-order valence-corrected chi connectivity index (χ0v) is 21.0. The number of urea groups is 1. The molecule has 3 fully saturated rings. The van der Waals surface area contributed by atoms with Gasteiger partial charge in [-0.1, -0.05) is 64.5 Å². The third kappa shape index (κ3) is 5.15. The number of halogens is 1. The summed E-state index contributed by atoms with van der Waals surface area (Å²) >= 11 is 3.66. The first-order valence-electron chi connectivity index (χ1n) is 12.0. The number of benzene rings is 2. The van der Waals surface area contributed by atoms with Crippen LogP contribution in [0, 0.1) is 12.8 Å². The van der Waals surface area contributed by atoms with Crippen molar-refractivity contribution in [3.63, 3.8) is 0 Å². The van der Waals surface area contributed by atoms with Gasteiger partial charge >= 0.3 is 6.03 Å². The van der Waals surface area contributed by atoms with Crippen molar-refractivity contribution < 1.29 is 4.79 Å². The molecule has 3 aliphatic heterocycles. The SMILES string of the molecule is Cc1nc(-c2ccccc2Br)cc([C@@H]2CN3CC[C@H]2C[C@@H]3CNC(=O)NCc2ccccc2)n1. The molecule has 0 aliphatic carbocycles. The molecule has 1 aromatic heterocycles. The van der Waals surface area contributed by atoms with E-state index in [4.69, 9.17) is 9.97 Å². The highest BCUT2D eigenvalue weighted by molar-refractivity contribution is 9.10. The number of carbonyl (C=O) groups is 1. The van der Waals surface area contributed by atoms with Crippen LogP contribution in [0.1, 0.15) is 35.8 Å². The van der Waals surface area contributed by atoms with Crippen LogP contribution in [0.2, 0.25) is 0 Å². The highest BCUT2D eigenvalue weighted by Gasteiger charge is 2.41. The van der Waals surface area contributed by atoms with Crippen molar-refractivity contribution in [2.24, 2.45) is 5.92 Å². The molecule has 0 saturated carbocycles. The first kappa shape index (κ1) is 23.0. The molecule has 3 aliphatic rings. The van der Waals surface area contributed by atoms with Gasteiger partial charge in [-0.2, -0.15) is 0 Å².